The van der Waals surface area contributed by atoms with Crippen LogP contribution in [0.2, 0.25) is 0 Å². The highest BCUT2D eigenvalue weighted by molar-refractivity contribution is 5.33. The molecule has 16 heavy (non-hydrogen) atoms. The molecule has 1 N–H and O–H groups in total. The minimum Gasteiger partial charge on any atom is -0.492 e. The highest BCUT2D eigenvalue weighted by Crippen LogP contribution is 2.19. The molecule has 0 aliphatic carbocycles. The van der Waals surface area contributed by atoms with Crippen molar-refractivity contribution in [3.8, 4) is 17.6 Å². The van der Waals surface area contributed by atoms with Crippen LogP contribution in [0.1, 0.15) is 18.9 Å². The lowest BCUT2D eigenvalue weighted by Crippen LogP contribution is -2.08. The molecule has 0 aliphatic rings. The Morgan fingerprint density at radius 3 is 2.94 bits per heavy atom. The maximum Gasteiger partial charge on any atom is 0.124 e. The van der Waals surface area contributed by atoms with Crippen molar-refractivity contribution in [3.05, 3.63) is 29.6 Å². The van der Waals surface area contributed by atoms with Gasteiger partial charge in [0.2, 0.25) is 0 Å². The van der Waals surface area contributed by atoms with Crippen LogP contribution < -0.4 is 10.1 Å². The van der Waals surface area contributed by atoms with Gasteiger partial charge in [0.15, 0.2) is 0 Å². The number of hydrogen-bond donors (Lipinski definition) is 1. The zero-order valence-electron chi connectivity index (χ0n) is 9.64. The molecule has 0 radical (unpaired) electrons. The molecule has 0 aromatic heterocycles. The molecule has 0 heterocycles. The van der Waals surface area contributed by atoms with Crippen LogP contribution in [0.5, 0.6) is 5.75 Å². The molecule has 86 valence electrons. The van der Waals surface area contributed by atoms with Crippen molar-refractivity contribution in [3.63, 3.8) is 0 Å². The third-order valence-electron chi connectivity index (χ3n) is 2.05. The molecule has 0 fully saturated rings. The molecule has 0 unspecified atom stereocenters. The average Bonchev–Trinajstić information content (AvgIpc) is 2.27. The van der Waals surface area contributed by atoms with Gasteiger partial charge in [0.1, 0.15) is 11.6 Å². The van der Waals surface area contributed by atoms with Gasteiger partial charge in [0, 0.05) is 18.5 Å². The molecule has 1 aromatic rings. The molecule has 3 heteroatoms. The molecule has 0 aliphatic heterocycles. The topological polar surface area (TPSA) is 21.3 Å². The smallest absolute Gasteiger partial charge is 0.124 e. The first-order valence-corrected chi connectivity index (χ1v) is 5.23. The fraction of sp³-hybridized carbons (Fsp3) is 0.385. The van der Waals surface area contributed by atoms with Crippen LogP contribution in [0.3, 0.4) is 0 Å². The van der Waals surface area contributed by atoms with Crippen LogP contribution in [0.15, 0.2) is 18.2 Å². The maximum atomic E-state index is 13.0. The van der Waals surface area contributed by atoms with Crippen LogP contribution in [-0.2, 0) is 6.54 Å². The van der Waals surface area contributed by atoms with E-state index in [1.165, 1.54) is 12.1 Å². The number of benzene rings is 1. The van der Waals surface area contributed by atoms with Crippen molar-refractivity contribution in [1.82, 2.24) is 5.32 Å². The lowest BCUT2D eigenvalue weighted by atomic mass is 10.2. The minimum absolute atomic E-state index is 0.244. The van der Waals surface area contributed by atoms with E-state index < -0.39 is 0 Å². The summed E-state index contributed by atoms with van der Waals surface area (Å²) in [7, 11) is 1.82. The molecule has 0 bridgehead atoms. The Morgan fingerprint density at radius 2 is 2.25 bits per heavy atom. The van der Waals surface area contributed by atoms with E-state index in [1.807, 2.05) is 7.05 Å². The van der Waals surface area contributed by atoms with Crippen molar-refractivity contribution in [2.75, 3.05) is 13.7 Å². The summed E-state index contributed by atoms with van der Waals surface area (Å²) in [5.41, 5.74) is 0.826. The highest BCUT2D eigenvalue weighted by atomic mass is 19.1. The summed E-state index contributed by atoms with van der Waals surface area (Å²) in [5.74, 6) is 6.19. The second-order valence-electron chi connectivity index (χ2n) is 3.31. The number of nitrogens with one attached hydrogen (secondary N) is 1. The van der Waals surface area contributed by atoms with E-state index in [1.54, 1.807) is 13.0 Å². The lowest BCUT2D eigenvalue weighted by molar-refractivity contribution is 0.322. The summed E-state index contributed by atoms with van der Waals surface area (Å²) in [4.78, 5) is 0. The second-order valence-corrected chi connectivity index (χ2v) is 3.31. The molecule has 0 saturated carbocycles. The summed E-state index contributed by atoms with van der Waals surface area (Å²) >= 11 is 0. The average molecular weight is 221 g/mol. The molecule has 2 nitrogen and oxygen atoms in total. The van der Waals surface area contributed by atoms with Crippen LogP contribution >= 0.6 is 0 Å². The quantitative estimate of drug-likeness (QED) is 0.608. The van der Waals surface area contributed by atoms with Gasteiger partial charge in [0.25, 0.3) is 0 Å². The van der Waals surface area contributed by atoms with E-state index >= 15 is 0 Å². The highest BCUT2D eigenvalue weighted by Gasteiger charge is 2.04. The van der Waals surface area contributed by atoms with Gasteiger partial charge < -0.3 is 10.1 Å². The van der Waals surface area contributed by atoms with Crippen LogP contribution in [0.4, 0.5) is 4.39 Å². The normalized spacial score (nSPS) is 9.44. The maximum absolute atomic E-state index is 13.0. The number of halogens is 1. The Labute approximate surface area is 95.8 Å². The van der Waals surface area contributed by atoms with E-state index in [0.29, 0.717) is 25.3 Å². The molecule has 0 amide bonds. The molecule has 1 aromatic carbocycles. The first kappa shape index (κ1) is 12.5. The molecule has 0 spiro atoms. The summed E-state index contributed by atoms with van der Waals surface area (Å²) in [6, 6.07) is 4.54. The van der Waals surface area contributed by atoms with Gasteiger partial charge in [-0.25, -0.2) is 4.39 Å². The Hall–Kier alpha value is -1.53. The number of hydrogen-bond acceptors (Lipinski definition) is 2. The van der Waals surface area contributed by atoms with Gasteiger partial charge in [-0.3, -0.25) is 0 Å². The predicted octanol–water partition coefficient (Wildman–Crippen LogP) is 2.34. The van der Waals surface area contributed by atoms with Crippen molar-refractivity contribution >= 4 is 0 Å². The van der Waals surface area contributed by atoms with Crippen LogP contribution in [0.25, 0.3) is 0 Å². The molecular formula is C13H16FNO. The van der Waals surface area contributed by atoms with Gasteiger partial charge in [-0.05, 0) is 32.2 Å². The van der Waals surface area contributed by atoms with Gasteiger partial charge in [-0.15, -0.1) is 11.8 Å². The monoisotopic (exact) mass is 221 g/mol. The third kappa shape index (κ3) is 3.92. The fourth-order valence-corrected chi connectivity index (χ4v) is 1.35. The largest absolute Gasteiger partial charge is 0.492 e. The van der Waals surface area contributed by atoms with E-state index in [4.69, 9.17) is 4.74 Å². The summed E-state index contributed by atoms with van der Waals surface area (Å²) in [6.45, 7) is 2.92. The predicted molar refractivity (Wildman–Crippen MR) is 62.7 cm³/mol. The third-order valence-corrected chi connectivity index (χ3v) is 2.05. The first-order valence-electron chi connectivity index (χ1n) is 5.23. The second kappa shape index (κ2) is 6.86. The van der Waals surface area contributed by atoms with Gasteiger partial charge in [-0.1, -0.05) is 0 Å². The molecule has 0 atom stereocenters. The molecule has 1 rings (SSSR count). The first-order chi connectivity index (χ1) is 7.77. The zero-order chi connectivity index (χ0) is 11.8. The number of rotatable bonds is 5. The SMILES string of the molecule is CC#CCCOc1ccc(F)cc1CNC. The van der Waals surface area contributed by atoms with Crippen molar-refractivity contribution in [1.29, 1.82) is 0 Å². The minimum atomic E-state index is -0.244. The number of ether oxygens (including phenoxy) is 1. The van der Waals surface area contributed by atoms with Crippen molar-refractivity contribution in [2.45, 2.75) is 19.9 Å². The summed E-state index contributed by atoms with van der Waals surface area (Å²) < 4.78 is 18.5. The Balaban J connectivity index is 2.65. The lowest BCUT2D eigenvalue weighted by Gasteiger charge is -2.10. The standard InChI is InChI=1S/C13H16FNO/c1-3-4-5-8-16-13-7-6-12(14)9-11(13)10-15-2/h6-7,9,15H,5,8,10H2,1-2H3. The molecule has 0 saturated heterocycles. The Morgan fingerprint density at radius 1 is 1.44 bits per heavy atom. The van der Waals surface area contributed by atoms with Crippen LogP contribution in [-0.4, -0.2) is 13.7 Å². The van der Waals surface area contributed by atoms with Gasteiger partial charge in [0.05, 0.1) is 6.61 Å². The van der Waals surface area contributed by atoms with Gasteiger partial charge in [-0.2, -0.15) is 0 Å². The van der Waals surface area contributed by atoms with E-state index in [2.05, 4.69) is 17.2 Å². The van der Waals surface area contributed by atoms with Crippen molar-refractivity contribution in [2.24, 2.45) is 0 Å². The zero-order valence-corrected chi connectivity index (χ0v) is 9.64. The van der Waals surface area contributed by atoms with E-state index in [0.717, 1.165) is 5.56 Å². The summed E-state index contributed by atoms with van der Waals surface area (Å²) in [5, 5.41) is 2.98. The van der Waals surface area contributed by atoms with E-state index in [9.17, 15) is 4.39 Å². The van der Waals surface area contributed by atoms with E-state index in [-0.39, 0.29) is 5.82 Å². The van der Waals surface area contributed by atoms with Gasteiger partial charge >= 0.3 is 0 Å². The van der Waals surface area contributed by atoms with Crippen molar-refractivity contribution < 1.29 is 9.13 Å². The summed E-state index contributed by atoms with van der Waals surface area (Å²) in [6.07, 6.45) is 0.687. The Kier molecular flexibility index (Phi) is 5.38. The van der Waals surface area contributed by atoms with Crippen LogP contribution in [0, 0.1) is 17.7 Å². The fourth-order valence-electron chi connectivity index (χ4n) is 1.35. The Bertz CT molecular complexity index is 393. The molecular weight excluding hydrogens is 205 g/mol.